The normalized spacial score (nSPS) is 12.6. The molecule has 0 spiro atoms. The van der Waals surface area contributed by atoms with Crippen LogP contribution in [0.15, 0.2) is 53.4 Å². The lowest BCUT2D eigenvalue weighted by atomic mass is 10.1. The third kappa shape index (κ3) is 4.83. The molecule has 23 heavy (non-hydrogen) atoms. The summed E-state index contributed by atoms with van der Waals surface area (Å²) in [4.78, 5) is 0.229. The number of nitriles is 1. The van der Waals surface area contributed by atoms with Gasteiger partial charge in [-0.2, -0.15) is 5.26 Å². The van der Waals surface area contributed by atoms with E-state index in [0.29, 0.717) is 0 Å². The van der Waals surface area contributed by atoms with Crippen molar-refractivity contribution in [1.29, 1.82) is 5.26 Å². The molecule has 4 nitrogen and oxygen atoms in total. The van der Waals surface area contributed by atoms with Crippen LogP contribution >= 0.6 is 11.8 Å². The highest BCUT2D eigenvalue weighted by atomic mass is 32.2. The molecule has 2 aromatic rings. The molecule has 0 aliphatic carbocycles. The minimum Gasteiger partial charge on any atom is -0.210 e. The van der Waals surface area contributed by atoms with Gasteiger partial charge in [-0.15, -0.1) is 0 Å². The van der Waals surface area contributed by atoms with Crippen LogP contribution in [0.2, 0.25) is 0 Å². The van der Waals surface area contributed by atoms with Crippen molar-refractivity contribution in [2.45, 2.75) is 24.0 Å². The first-order valence-electron chi connectivity index (χ1n) is 7.10. The van der Waals surface area contributed by atoms with E-state index in [4.69, 9.17) is 5.26 Å². The van der Waals surface area contributed by atoms with Crippen molar-refractivity contribution in [2.24, 2.45) is 0 Å². The largest absolute Gasteiger partial charge is 0.240 e. The smallest absolute Gasteiger partial charge is 0.210 e. The van der Waals surface area contributed by atoms with Gasteiger partial charge in [-0.3, -0.25) is 0 Å². The zero-order chi connectivity index (χ0) is 16.9. The van der Waals surface area contributed by atoms with Gasteiger partial charge in [-0.25, -0.2) is 13.1 Å². The van der Waals surface area contributed by atoms with Gasteiger partial charge >= 0.3 is 0 Å². The Morgan fingerprint density at radius 3 is 2.09 bits per heavy atom. The fraction of sp³-hybridized carbons (Fsp3) is 0.235. The van der Waals surface area contributed by atoms with Crippen LogP contribution in [0.25, 0.3) is 0 Å². The maximum absolute atomic E-state index is 12.3. The van der Waals surface area contributed by atoms with Crippen molar-refractivity contribution < 1.29 is 8.42 Å². The van der Waals surface area contributed by atoms with Crippen molar-refractivity contribution in [2.75, 3.05) is 6.54 Å². The topological polar surface area (TPSA) is 70.0 Å². The SMILES string of the molecule is Cc1ccc(C(CNS(=O)(=O)c2ccc(C)cc2)SC#N)cc1. The molecule has 0 heterocycles. The van der Waals surface area contributed by atoms with E-state index in [1.165, 1.54) is 0 Å². The molecule has 120 valence electrons. The van der Waals surface area contributed by atoms with E-state index in [9.17, 15) is 8.42 Å². The second-order valence-electron chi connectivity index (χ2n) is 5.27. The summed E-state index contributed by atoms with van der Waals surface area (Å²) in [5, 5.41) is 10.8. The molecule has 0 saturated carbocycles. The summed E-state index contributed by atoms with van der Waals surface area (Å²) in [6.45, 7) is 4.05. The highest BCUT2D eigenvalue weighted by molar-refractivity contribution is 8.04. The van der Waals surface area contributed by atoms with E-state index < -0.39 is 10.0 Å². The monoisotopic (exact) mass is 346 g/mol. The lowest BCUT2D eigenvalue weighted by molar-refractivity contribution is 0.581. The molecule has 0 aliphatic heterocycles. The third-order valence-electron chi connectivity index (χ3n) is 3.43. The highest BCUT2D eigenvalue weighted by Crippen LogP contribution is 2.28. The van der Waals surface area contributed by atoms with E-state index in [1.807, 2.05) is 43.5 Å². The van der Waals surface area contributed by atoms with Crippen molar-refractivity contribution in [3.8, 4) is 5.40 Å². The second-order valence-corrected chi connectivity index (χ2v) is 8.03. The van der Waals surface area contributed by atoms with Crippen LogP contribution in [0.1, 0.15) is 21.9 Å². The zero-order valence-electron chi connectivity index (χ0n) is 13.0. The number of hydrogen-bond acceptors (Lipinski definition) is 4. The number of nitrogens with zero attached hydrogens (tertiary/aromatic N) is 1. The molecule has 0 radical (unpaired) electrons. The summed E-state index contributed by atoms with van der Waals surface area (Å²) in [5.74, 6) is 0. The Labute approximate surface area is 141 Å². The lowest BCUT2D eigenvalue weighted by Crippen LogP contribution is -2.27. The number of aryl methyl sites for hydroxylation is 2. The Kier molecular flexibility index (Phi) is 5.83. The average Bonchev–Trinajstić information content (AvgIpc) is 2.53. The van der Waals surface area contributed by atoms with Gasteiger partial charge in [0, 0.05) is 6.54 Å². The van der Waals surface area contributed by atoms with Gasteiger partial charge in [0.2, 0.25) is 10.0 Å². The number of nitrogens with one attached hydrogen (secondary N) is 1. The van der Waals surface area contributed by atoms with Gasteiger partial charge in [0.25, 0.3) is 0 Å². The molecule has 0 aromatic heterocycles. The number of thiocyanates is 1. The predicted molar refractivity (Wildman–Crippen MR) is 93.5 cm³/mol. The van der Waals surface area contributed by atoms with Crippen LogP contribution in [0.4, 0.5) is 0 Å². The summed E-state index contributed by atoms with van der Waals surface area (Å²) in [5.41, 5.74) is 3.05. The second kappa shape index (κ2) is 7.64. The third-order valence-corrected chi connectivity index (χ3v) is 5.70. The molecule has 0 amide bonds. The Hall–Kier alpha value is -1.81. The minimum atomic E-state index is -3.58. The van der Waals surface area contributed by atoms with E-state index in [1.54, 1.807) is 24.3 Å². The summed E-state index contributed by atoms with van der Waals surface area (Å²) < 4.78 is 27.3. The van der Waals surface area contributed by atoms with Gasteiger partial charge in [0.15, 0.2) is 0 Å². The van der Waals surface area contributed by atoms with Crippen LogP contribution in [0.3, 0.4) is 0 Å². The van der Waals surface area contributed by atoms with E-state index in [2.05, 4.69) is 4.72 Å². The molecular weight excluding hydrogens is 328 g/mol. The predicted octanol–water partition coefficient (Wildman–Crippen LogP) is 3.54. The Morgan fingerprint density at radius 2 is 1.57 bits per heavy atom. The summed E-state index contributed by atoms with van der Waals surface area (Å²) in [6.07, 6.45) is 0. The molecule has 0 bridgehead atoms. The van der Waals surface area contributed by atoms with Crippen LogP contribution < -0.4 is 4.72 Å². The Balaban J connectivity index is 2.13. The fourth-order valence-corrected chi connectivity index (χ4v) is 3.80. The van der Waals surface area contributed by atoms with E-state index in [-0.39, 0.29) is 16.7 Å². The van der Waals surface area contributed by atoms with Crippen molar-refractivity contribution in [1.82, 2.24) is 4.72 Å². The van der Waals surface area contributed by atoms with E-state index >= 15 is 0 Å². The zero-order valence-corrected chi connectivity index (χ0v) is 14.6. The number of thioether (sulfide) groups is 1. The molecule has 1 N–H and O–H groups in total. The summed E-state index contributed by atoms with van der Waals surface area (Å²) in [6, 6.07) is 14.4. The molecule has 2 rings (SSSR count). The molecule has 1 unspecified atom stereocenters. The maximum Gasteiger partial charge on any atom is 0.240 e. The minimum absolute atomic E-state index is 0.164. The van der Waals surface area contributed by atoms with Crippen molar-refractivity contribution in [3.63, 3.8) is 0 Å². The van der Waals surface area contributed by atoms with Gasteiger partial charge in [0.05, 0.1) is 10.1 Å². The molecule has 6 heteroatoms. The summed E-state index contributed by atoms with van der Waals surface area (Å²) in [7, 11) is -3.58. The number of benzene rings is 2. The summed E-state index contributed by atoms with van der Waals surface area (Å²) >= 11 is 1.05. The van der Waals surface area contributed by atoms with Crippen LogP contribution in [0.5, 0.6) is 0 Å². The van der Waals surface area contributed by atoms with E-state index in [0.717, 1.165) is 28.5 Å². The molecule has 0 fully saturated rings. The average molecular weight is 346 g/mol. The molecule has 0 aliphatic rings. The number of rotatable bonds is 6. The van der Waals surface area contributed by atoms with Gasteiger partial charge in [-0.1, -0.05) is 47.5 Å². The molecule has 1 atom stereocenters. The molecule has 2 aromatic carbocycles. The Bertz CT molecular complexity index is 792. The van der Waals surface area contributed by atoms with Gasteiger partial charge in [0.1, 0.15) is 5.40 Å². The fourth-order valence-electron chi connectivity index (χ4n) is 2.06. The van der Waals surface area contributed by atoms with Gasteiger partial charge < -0.3 is 0 Å². The molecule has 0 saturated heterocycles. The lowest BCUT2D eigenvalue weighted by Gasteiger charge is -2.15. The maximum atomic E-state index is 12.3. The number of hydrogen-bond donors (Lipinski definition) is 1. The van der Waals surface area contributed by atoms with Crippen LogP contribution in [-0.4, -0.2) is 15.0 Å². The Morgan fingerprint density at radius 1 is 1.04 bits per heavy atom. The highest BCUT2D eigenvalue weighted by Gasteiger charge is 2.18. The van der Waals surface area contributed by atoms with Crippen molar-refractivity contribution >= 4 is 21.8 Å². The van der Waals surface area contributed by atoms with Crippen molar-refractivity contribution in [3.05, 3.63) is 65.2 Å². The first-order chi connectivity index (χ1) is 10.9. The van der Waals surface area contributed by atoms with Gasteiger partial charge in [-0.05, 0) is 43.3 Å². The van der Waals surface area contributed by atoms with Crippen LogP contribution in [-0.2, 0) is 10.0 Å². The number of sulfonamides is 1. The first kappa shape index (κ1) is 17.5. The molecular formula is C17H18N2O2S2. The van der Waals surface area contributed by atoms with Crippen LogP contribution in [0, 0.1) is 24.5 Å². The first-order valence-corrected chi connectivity index (χ1v) is 9.46. The standard InChI is InChI=1S/C17H18N2O2S2/c1-13-3-7-15(8-4-13)17(22-12-18)11-19-23(20,21)16-9-5-14(2)6-10-16/h3-10,17,19H,11H2,1-2H3. The quantitative estimate of drug-likeness (QED) is 0.812.